The Morgan fingerprint density at radius 3 is 2.26 bits per heavy atom. The van der Waals surface area contributed by atoms with E-state index in [1.54, 1.807) is 43.3 Å². The first-order valence-corrected chi connectivity index (χ1v) is 11.8. The maximum absolute atomic E-state index is 14.0. The lowest BCUT2D eigenvalue weighted by atomic mass is 9.87. The average Bonchev–Trinajstić information content (AvgIpc) is 3.04. The van der Waals surface area contributed by atoms with Crippen molar-refractivity contribution in [3.63, 3.8) is 0 Å². The van der Waals surface area contributed by atoms with Crippen LogP contribution >= 0.6 is 0 Å². The minimum absolute atomic E-state index is 0.101. The van der Waals surface area contributed by atoms with Crippen molar-refractivity contribution in [2.45, 2.75) is 45.9 Å². The summed E-state index contributed by atoms with van der Waals surface area (Å²) in [5.74, 6) is -1.06. The first kappa shape index (κ1) is 26.2. The molecule has 0 fully saturated rings. The summed E-state index contributed by atoms with van der Waals surface area (Å²) in [4.78, 5) is 41.2. The van der Waals surface area contributed by atoms with Crippen LogP contribution in [0.2, 0.25) is 0 Å². The number of aryl methyl sites for hydroxylation is 1. The van der Waals surface area contributed by atoms with Crippen LogP contribution in [0.5, 0.6) is 0 Å². The van der Waals surface area contributed by atoms with Crippen molar-refractivity contribution in [2.75, 3.05) is 36.6 Å². The zero-order valence-corrected chi connectivity index (χ0v) is 20.6. The monoisotopic (exact) mass is 483 g/mol. The van der Waals surface area contributed by atoms with Gasteiger partial charge in [-0.15, -0.1) is 0 Å². The zero-order valence-electron chi connectivity index (χ0n) is 20.6. The predicted octanol–water partition coefficient (Wildman–Crippen LogP) is 3.71. The molecule has 0 saturated carbocycles. The van der Waals surface area contributed by atoms with E-state index < -0.39 is 29.7 Å². The molecule has 1 aliphatic heterocycles. The van der Waals surface area contributed by atoms with Crippen LogP contribution in [0.15, 0.2) is 48.5 Å². The van der Waals surface area contributed by atoms with Gasteiger partial charge in [0.2, 0.25) is 0 Å². The number of carbonyl (C=O) groups excluding carboxylic acids is 3. The smallest absolute Gasteiger partial charge is 0.320 e. The van der Waals surface area contributed by atoms with Gasteiger partial charge in [-0.2, -0.15) is 0 Å². The van der Waals surface area contributed by atoms with Gasteiger partial charge >= 0.3 is 12.0 Å². The molecule has 2 aromatic carbocycles. The van der Waals surface area contributed by atoms with E-state index in [-0.39, 0.29) is 19.6 Å². The number of para-hydroxylation sites is 1. The van der Waals surface area contributed by atoms with Gasteiger partial charge in [0, 0.05) is 24.5 Å². The Morgan fingerprint density at radius 2 is 1.63 bits per heavy atom. The van der Waals surface area contributed by atoms with Crippen molar-refractivity contribution in [1.82, 2.24) is 5.32 Å². The van der Waals surface area contributed by atoms with Crippen LogP contribution in [-0.2, 0) is 29.3 Å². The third-order valence-electron chi connectivity index (χ3n) is 5.65. The minimum atomic E-state index is -1.65. The third kappa shape index (κ3) is 5.98. The average molecular weight is 484 g/mol. The molecule has 0 unspecified atom stereocenters. The summed E-state index contributed by atoms with van der Waals surface area (Å²) in [6.07, 6.45) is -1.02. The molecule has 0 bridgehead atoms. The highest BCUT2D eigenvalue weighted by Gasteiger charge is 2.54. The summed E-state index contributed by atoms with van der Waals surface area (Å²) in [6.45, 7) is 8.37. The number of amides is 3. The molecule has 3 amide bonds. The number of esters is 1. The molecule has 0 spiro atoms. The molecule has 188 valence electrons. The molecule has 35 heavy (non-hydrogen) atoms. The van der Waals surface area contributed by atoms with E-state index in [1.807, 2.05) is 32.9 Å². The molecule has 0 aliphatic carbocycles. The maximum Gasteiger partial charge on any atom is 0.320 e. The Balaban J connectivity index is 1.98. The van der Waals surface area contributed by atoms with Crippen LogP contribution in [0.1, 0.15) is 38.3 Å². The number of urea groups is 1. The highest BCUT2D eigenvalue weighted by atomic mass is 16.7. The summed E-state index contributed by atoms with van der Waals surface area (Å²) in [5.41, 5.74) is 1.03. The fraction of sp³-hybridized carbons (Fsp3) is 0.423. The molecule has 2 N–H and O–H groups in total. The van der Waals surface area contributed by atoms with Gasteiger partial charge < -0.3 is 29.7 Å². The van der Waals surface area contributed by atoms with E-state index >= 15 is 0 Å². The SMILES string of the molecule is CCOC(=O)C[C@@]1(NC(=O)Nc2ccc(C)cc2)C(=O)N(CC(OCC)OCC)c2ccccc21. The van der Waals surface area contributed by atoms with E-state index in [2.05, 4.69) is 10.6 Å². The third-order valence-corrected chi connectivity index (χ3v) is 5.65. The summed E-state index contributed by atoms with van der Waals surface area (Å²) >= 11 is 0. The topological polar surface area (TPSA) is 106 Å². The molecule has 0 saturated heterocycles. The van der Waals surface area contributed by atoms with Crippen molar-refractivity contribution < 1.29 is 28.6 Å². The van der Waals surface area contributed by atoms with Crippen LogP contribution < -0.4 is 15.5 Å². The molecule has 3 rings (SSSR count). The number of nitrogens with zero attached hydrogens (tertiary/aromatic N) is 1. The highest BCUT2D eigenvalue weighted by Crippen LogP contribution is 2.43. The number of anilines is 2. The first-order valence-electron chi connectivity index (χ1n) is 11.8. The Labute approximate surface area is 205 Å². The molecule has 9 nitrogen and oxygen atoms in total. The number of hydrogen-bond acceptors (Lipinski definition) is 6. The molecule has 2 aromatic rings. The largest absolute Gasteiger partial charge is 0.466 e. The van der Waals surface area contributed by atoms with Gasteiger partial charge in [-0.3, -0.25) is 9.59 Å². The van der Waals surface area contributed by atoms with Gasteiger partial charge in [0.15, 0.2) is 11.8 Å². The minimum Gasteiger partial charge on any atom is -0.466 e. The van der Waals surface area contributed by atoms with E-state index in [0.29, 0.717) is 30.2 Å². The van der Waals surface area contributed by atoms with E-state index in [0.717, 1.165) is 5.56 Å². The van der Waals surface area contributed by atoms with Crippen LogP contribution in [0.25, 0.3) is 0 Å². The molecule has 9 heteroatoms. The van der Waals surface area contributed by atoms with Crippen molar-refractivity contribution in [3.05, 3.63) is 59.7 Å². The molecular weight excluding hydrogens is 450 g/mol. The van der Waals surface area contributed by atoms with Crippen LogP contribution in [0, 0.1) is 6.92 Å². The number of fused-ring (bicyclic) bond motifs is 1. The second-order valence-corrected chi connectivity index (χ2v) is 8.11. The fourth-order valence-electron chi connectivity index (χ4n) is 4.14. The number of hydrogen-bond donors (Lipinski definition) is 2. The van der Waals surface area contributed by atoms with Gasteiger partial charge in [-0.1, -0.05) is 35.9 Å². The predicted molar refractivity (Wildman–Crippen MR) is 132 cm³/mol. The number of nitrogens with one attached hydrogen (secondary N) is 2. The van der Waals surface area contributed by atoms with E-state index in [9.17, 15) is 14.4 Å². The Kier molecular flexibility index (Phi) is 8.84. The molecule has 1 aliphatic rings. The van der Waals surface area contributed by atoms with Gasteiger partial charge in [-0.25, -0.2) is 4.79 Å². The summed E-state index contributed by atoms with van der Waals surface area (Å²) < 4.78 is 16.5. The summed E-state index contributed by atoms with van der Waals surface area (Å²) in [7, 11) is 0. The van der Waals surface area contributed by atoms with Crippen LogP contribution in [0.4, 0.5) is 16.2 Å². The lowest BCUT2D eigenvalue weighted by molar-refractivity contribution is -0.148. The number of rotatable bonds is 11. The summed E-state index contributed by atoms with van der Waals surface area (Å²) in [5, 5.41) is 5.55. The summed E-state index contributed by atoms with van der Waals surface area (Å²) in [6, 6.07) is 13.7. The second-order valence-electron chi connectivity index (χ2n) is 8.11. The first-order chi connectivity index (χ1) is 16.8. The Morgan fingerprint density at radius 1 is 0.971 bits per heavy atom. The van der Waals surface area contributed by atoms with Gasteiger partial charge in [0.05, 0.1) is 25.3 Å². The van der Waals surface area contributed by atoms with Crippen molar-refractivity contribution in [3.8, 4) is 0 Å². The molecule has 1 heterocycles. The Bertz CT molecular complexity index is 1040. The molecule has 0 aromatic heterocycles. The van der Waals surface area contributed by atoms with Gasteiger partial charge in [0.1, 0.15) is 0 Å². The quantitative estimate of drug-likeness (QED) is 0.373. The van der Waals surface area contributed by atoms with Crippen molar-refractivity contribution in [2.24, 2.45) is 0 Å². The normalized spacial score (nSPS) is 16.8. The van der Waals surface area contributed by atoms with Gasteiger partial charge in [0.25, 0.3) is 5.91 Å². The Hall–Kier alpha value is -3.43. The van der Waals surface area contributed by atoms with Gasteiger partial charge in [-0.05, 0) is 45.9 Å². The maximum atomic E-state index is 14.0. The number of carbonyl (C=O) groups is 3. The lowest BCUT2D eigenvalue weighted by Gasteiger charge is -2.30. The molecular formula is C26H33N3O6. The molecule has 1 atom stereocenters. The number of benzene rings is 2. The van der Waals surface area contributed by atoms with Crippen LogP contribution in [0.3, 0.4) is 0 Å². The van der Waals surface area contributed by atoms with E-state index in [4.69, 9.17) is 14.2 Å². The zero-order chi connectivity index (χ0) is 25.4. The van der Waals surface area contributed by atoms with E-state index in [1.165, 1.54) is 4.90 Å². The lowest BCUT2D eigenvalue weighted by Crippen LogP contribution is -2.56. The second kappa shape index (κ2) is 11.8. The van der Waals surface area contributed by atoms with Crippen molar-refractivity contribution in [1.29, 1.82) is 0 Å². The fourth-order valence-corrected chi connectivity index (χ4v) is 4.14. The number of ether oxygens (including phenoxy) is 3. The highest BCUT2D eigenvalue weighted by molar-refractivity contribution is 6.11. The molecule has 0 radical (unpaired) electrons. The standard InChI is InChI=1S/C26H33N3O6/c1-5-33-22(30)16-26(28-25(32)27-19-14-12-18(4)13-15-19)20-10-8-9-11-21(20)29(24(26)31)17-23(34-6-2)35-7-3/h8-15,23H,5-7,16-17H2,1-4H3,(H2,27,28,32)/t26-/m0/s1. The van der Waals surface area contributed by atoms with Crippen molar-refractivity contribution >= 4 is 29.3 Å². The van der Waals surface area contributed by atoms with Crippen LogP contribution in [-0.4, -0.2) is 50.6 Å².